The summed E-state index contributed by atoms with van der Waals surface area (Å²) in [6, 6.07) is 6.19. The molecule has 0 unspecified atom stereocenters. The van der Waals surface area contributed by atoms with Crippen molar-refractivity contribution < 1.29 is 4.74 Å². The third-order valence-electron chi connectivity index (χ3n) is 2.77. The number of aryl methyl sites for hydroxylation is 2. The second kappa shape index (κ2) is 7.19. The van der Waals surface area contributed by atoms with Crippen molar-refractivity contribution >= 4 is 23.0 Å². The van der Waals surface area contributed by atoms with Gasteiger partial charge in [0.1, 0.15) is 5.01 Å². The summed E-state index contributed by atoms with van der Waals surface area (Å²) >= 11 is 1.57. The van der Waals surface area contributed by atoms with E-state index in [4.69, 9.17) is 10.5 Å². The maximum absolute atomic E-state index is 5.91. The van der Waals surface area contributed by atoms with Gasteiger partial charge < -0.3 is 15.8 Å². The number of aliphatic imine (C=N–C) groups is 1. The molecule has 3 N–H and O–H groups in total. The van der Waals surface area contributed by atoms with Gasteiger partial charge in [0.25, 0.3) is 0 Å². The van der Waals surface area contributed by atoms with E-state index in [0.29, 0.717) is 19.1 Å². The van der Waals surface area contributed by atoms with E-state index in [1.165, 1.54) is 11.1 Å². The fraction of sp³-hybridized carbons (Fsp3) is 0.333. The number of anilines is 1. The van der Waals surface area contributed by atoms with Gasteiger partial charge in [-0.05, 0) is 37.1 Å². The molecule has 0 aliphatic carbocycles. The molecule has 21 heavy (non-hydrogen) atoms. The number of hydrogen-bond acceptors (Lipinski definition) is 4. The predicted molar refractivity (Wildman–Crippen MR) is 87.7 cm³/mol. The number of hydrogen-bond donors (Lipinski definition) is 2. The first kappa shape index (κ1) is 15.5. The van der Waals surface area contributed by atoms with Crippen LogP contribution in [0.5, 0.6) is 0 Å². The molecule has 1 aromatic carbocycles. The molecule has 0 fully saturated rings. The van der Waals surface area contributed by atoms with E-state index in [1.807, 2.05) is 17.5 Å². The molecule has 2 rings (SSSR count). The summed E-state index contributed by atoms with van der Waals surface area (Å²) < 4.78 is 5.04. The maximum atomic E-state index is 5.91. The largest absolute Gasteiger partial charge is 0.378 e. The first-order valence-corrected chi connectivity index (χ1v) is 7.52. The molecule has 1 aromatic heterocycles. The van der Waals surface area contributed by atoms with Crippen LogP contribution >= 0.6 is 11.3 Å². The fourth-order valence-corrected chi connectivity index (χ4v) is 2.77. The monoisotopic (exact) mass is 304 g/mol. The SMILES string of the molecule is COCc1nc(CN=C(N)Nc2cc(C)cc(C)c2)cs1. The lowest BCUT2D eigenvalue weighted by atomic mass is 10.1. The lowest BCUT2D eigenvalue weighted by molar-refractivity contribution is 0.184. The van der Waals surface area contributed by atoms with Crippen molar-refractivity contribution in [3.63, 3.8) is 0 Å². The Morgan fingerprint density at radius 1 is 1.33 bits per heavy atom. The van der Waals surface area contributed by atoms with Crippen molar-refractivity contribution in [2.75, 3.05) is 12.4 Å². The van der Waals surface area contributed by atoms with Crippen LogP contribution in [0.15, 0.2) is 28.6 Å². The van der Waals surface area contributed by atoms with Crippen LogP contribution in [-0.4, -0.2) is 18.1 Å². The molecular weight excluding hydrogens is 284 g/mol. The van der Waals surface area contributed by atoms with Gasteiger partial charge in [0.05, 0.1) is 18.8 Å². The van der Waals surface area contributed by atoms with Gasteiger partial charge in [-0.15, -0.1) is 11.3 Å². The molecule has 6 heteroatoms. The molecule has 0 bridgehead atoms. The Balaban J connectivity index is 1.96. The Kier molecular flexibility index (Phi) is 5.30. The number of nitrogens with zero attached hydrogens (tertiary/aromatic N) is 2. The first-order chi connectivity index (χ1) is 10.1. The maximum Gasteiger partial charge on any atom is 0.193 e. The molecule has 5 nitrogen and oxygen atoms in total. The minimum absolute atomic E-state index is 0.390. The Morgan fingerprint density at radius 3 is 2.71 bits per heavy atom. The summed E-state index contributed by atoms with van der Waals surface area (Å²) in [4.78, 5) is 8.72. The summed E-state index contributed by atoms with van der Waals surface area (Å²) in [7, 11) is 1.66. The number of ether oxygens (including phenoxy) is 1. The zero-order valence-electron chi connectivity index (χ0n) is 12.5. The van der Waals surface area contributed by atoms with Crippen LogP contribution in [0.25, 0.3) is 0 Å². The third-order valence-corrected chi connectivity index (χ3v) is 3.64. The number of benzene rings is 1. The number of guanidine groups is 1. The van der Waals surface area contributed by atoms with E-state index in [0.717, 1.165) is 16.4 Å². The number of methoxy groups -OCH3 is 1. The van der Waals surface area contributed by atoms with E-state index >= 15 is 0 Å². The summed E-state index contributed by atoms with van der Waals surface area (Å²) in [5, 5.41) is 6.03. The smallest absolute Gasteiger partial charge is 0.193 e. The van der Waals surface area contributed by atoms with Crippen molar-refractivity contribution in [3.05, 3.63) is 45.4 Å². The Hall–Kier alpha value is -1.92. The number of thiazole rings is 1. The molecule has 1 heterocycles. The summed E-state index contributed by atoms with van der Waals surface area (Å²) in [6.45, 7) is 5.10. The highest BCUT2D eigenvalue weighted by atomic mass is 32.1. The van der Waals surface area contributed by atoms with Crippen molar-refractivity contribution in [2.45, 2.75) is 27.0 Å². The lowest BCUT2D eigenvalue weighted by Crippen LogP contribution is -2.22. The summed E-state index contributed by atoms with van der Waals surface area (Å²) in [5.41, 5.74) is 10.1. The third kappa shape index (κ3) is 4.84. The Labute approximate surface area is 128 Å². The van der Waals surface area contributed by atoms with Crippen LogP contribution in [0.2, 0.25) is 0 Å². The van der Waals surface area contributed by atoms with Gasteiger partial charge in [0, 0.05) is 18.2 Å². The molecular formula is C15H20N4OS. The van der Waals surface area contributed by atoms with Crippen LogP contribution < -0.4 is 11.1 Å². The number of aromatic nitrogens is 1. The lowest BCUT2D eigenvalue weighted by Gasteiger charge is -2.07. The highest BCUT2D eigenvalue weighted by Crippen LogP contribution is 2.14. The molecule has 112 valence electrons. The molecule has 0 saturated heterocycles. The average molecular weight is 304 g/mol. The number of nitrogens with one attached hydrogen (secondary N) is 1. The molecule has 0 aliphatic heterocycles. The normalized spacial score (nSPS) is 11.7. The van der Waals surface area contributed by atoms with Crippen molar-refractivity contribution in [1.82, 2.24) is 4.98 Å². The Morgan fingerprint density at radius 2 is 2.05 bits per heavy atom. The molecule has 0 amide bonds. The van der Waals surface area contributed by atoms with Crippen LogP contribution in [-0.2, 0) is 17.9 Å². The van der Waals surface area contributed by atoms with Gasteiger partial charge in [-0.1, -0.05) is 6.07 Å². The molecule has 0 atom stereocenters. The predicted octanol–water partition coefficient (Wildman–Crippen LogP) is 2.83. The molecule has 0 aliphatic rings. The van der Waals surface area contributed by atoms with Crippen molar-refractivity contribution in [1.29, 1.82) is 0 Å². The second-order valence-corrected chi connectivity index (χ2v) is 5.81. The number of rotatable bonds is 5. The summed E-state index contributed by atoms with van der Waals surface area (Å²) in [5.74, 6) is 0.390. The van der Waals surface area contributed by atoms with Crippen LogP contribution in [0.1, 0.15) is 21.8 Å². The van der Waals surface area contributed by atoms with Crippen LogP contribution in [0.3, 0.4) is 0 Å². The zero-order chi connectivity index (χ0) is 15.2. The van der Waals surface area contributed by atoms with E-state index in [1.54, 1.807) is 18.4 Å². The van der Waals surface area contributed by atoms with Crippen molar-refractivity contribution in [3.8, 4) is 0 Å². The topological polar surface area (TPSA) is 72.5 Å². The van der Waals surface area contributed by atoms with Gasteiger partial charge in [-0.25, -0.2) is 9.98 Å². The number of nitrogens with two attached hydrogens (primary N) is 1. The van der Waals surface area contributed by atoms with Gasteiger partial charge in [0.2, 0.25) is 0 Å². The second-order valence-electron chi connectivity index (χ2n) is 4.87. The molecule has 0 spiro atoms. The van der Waals surface area contributed by atoms with E-state index < -0.39 is 0 Å². The minimum atomic E-state index is 0.390. The quantitative estimate of drug-likeness (QED) is 0.658. The van der Waals surface area contributed by atoms with Gasteiger partial charge in [-0.3, -0.25) is 0 Å². The average Bonchev–Trinajstić information content (AvgIpc) is 2.83. The highest BCUT2D eigenvalue weighted by molar-refractivity contribution is 7.09. The fourth-order valence-electron chi connectivity index (χ4n) is 2.01. The Bertz CT molecular complexity index is 616. The zero-order valence-corrected chi connectivity index (χ0v) is 13.3. The van der Waals surface area contributed by atoms with E-state index in [9.17, 15) is 0 Å². The molecule has 0 radical (unpaired) electrons. The minimum Gasteiger partial charge on any atom is -0.378 e. The van der Waals surface area contributed by atoms with Crippen molar-refractivity contribution in [2.24, 2.45) is 10.7 Å². The van der Waals surface area contributed by atoms with E-state index in [2.05, 4.69) is 35.2 Å². The molecule has 0 saturated carbocycles. The highest BCUT2D eigenvalue weighted by Gasteiger charge is 2.02. The van der Waals surface area contributed by atoms with Gasteiger partial charge in [0.15, 0.2) is 5.96 Å². The standard InChI is InChI=1S/C15H20N4OS/c1-10-4-11(2)6-12(5-10)19-15(16)17-7-13-9-21-14(18-13)8-20-3/h4-6,9H,7-8H2,1-3H3,(H3,16,17,19). The summed E-state index contributed by atoms with van der Waals surface area (Å²) in [6.07, 6.45) is 0. The van der Waals surface area contributed by atoms with Gasteiger partial charge >= 0.3 is 0 Å². The first-order valence-electron chi connectivity index (χ1n) is 6.64. The van der Waals surface area contributed by atoms with Gasteiger partial charge in [-0.2, -0.15) is 0 Å². The van der Waals surface area contributed by atoms with Crippen LogP contribution in [0, 0.1) is 13.8 Å². The van der Waals surface area contributed by atoms with E-state index in [-0.39, 0.29) is 0 Å². The molecule has 2 aromatic rings. The van der Waals surface area contributed by atoms with Crippen LogP contribution in [0.4, 0.5) is 5.69 Å².